The summed E-state index contributed by atoms with van der Waals surface area (Å²) in [6, 6.07) is 12.1. The molecule has 7 atom stereocenters. The molecule has 7 unspecified atom stereocenters. The lowest BCUT2D eigenvalue weighted by Crippen LogP contribution is -2.35. The van der Waals surface area contributed by atoms with Crippen LogP contribution in [-0.2, 0) is 0 Å². The second kappa shape index (κ2) is 4.59. The van der Waals surface area contributed by atoms with Crippen LogP contribution in [0.3, 0.4) is 0 Å². The van der Waals surface area contributed by atoms with Crippen molar-refractivity contribution in [1.82, 2.24) is 5.32 Å². The molecular weight excluding hydrogens is 254 g/mol. The Bertz CT molecular complexity index is 508. The maximum Gasteiger partial charge on any atom is 0.0135 e. The molecule has 0 aliphatic heterocycles. The van der Waals surface area contributed by atoms with Crippen molar-refractivity contribution in [3.63, 3.8) is 0 Å². The predicted molar refractivity (Wildman–Crippen MR) is 86.1 cm³/mol. The van der Waals surface area contributed by atoms with Gasteiger partial charge in [0.15, 0.2) is 0 Å². The minimum Gasteiger partial charge on any atom is -0.314 e. The maximum absolute atomic E-state index is 3.90. The van der Waals surface area contributed by atoms with Gasteiger partial charge in [0, 0.05) is 6.04 Å². The molecule has 0 amide bonds. The molecule has 0 radical (unpaired) electrons. The molecule has 112 valence electrons. The van der Waals surface area contributed by atoms with E-state index in [0.29, 0.717) is 0 Å². The highest BCUT2D eigenvalue weighted by Crippen LogP contribution is 2.72. The van der Waals surface area contributed by atoms with Gasteiger partial charge < -0.3 is 5.32 Å². The van der Waals surface area contributed by atoms with Gasteiger partial charge in [-0.3, -0.25) is 0 Å². The van der Waals surface area contributed by atoms with Crippen LogP contribution in [0, 0.1) is 35.5 Å². The summed E-state index contributed by atoms with van der Waals surface area (Å²) in [4.78, 5) is 0. The molecule has 2 bridgehead atoms. The molecule has 5 rings (SSSR count). The Morgan fingerprint density at radius 1 is 1.05 bits per heavy atom. The van der Waals surface area contributed by atoms with Crippen LogP contribution in [0.4, 0.5) is 0 Å². The molecule has 4 fully saturated rings. The summed E-state index contributed by atoms with van der Waals surface area (Å²) < 4.78 is 0. The van der Waals surface area contributed by atoms with Crippen molar-refractivity contribution in [1.29, 1.82) is 0 Å². The van der Waals surface area contributed by atoms with Crippen LogP contribution in [0.1, 0.15) is 44.1 Å². The van der Waals surface area contributed by atoms with E-state index in [4.69, 9.17) is 0 Å². The zero-order valence-corrected chi connectivity index (χ0v) is 13.0. The number of hydrogen-bond donors (Lipinski definition) is 1. The Morgan fingerprint density at radius 2 is 1.76 bits per heavy atom. The van der Waals surface area contributed by atoms with Crippen molar-refractivity contribution in [2.45, 2.75) is 44.6 Å². The number of rotatable bonds is 5. The van der Waals surface area contributed by atoms with Crippen LogP contribution in [0.5, 0.6) is 0 Å². The van der Waals surface area contributed by atoms with Gasteiger partial charge in [-0.05, 0) is 79.2 Å². The standard InChI is InChI=1S/C20H27N/c1-2-21-20(16-11-15(16)12-6-4-3-5-7-12)19-17-13-8-9-14(10-13)18(17)19/h3-7,13-21H,2,8-11H2,1H3. The molecule has 1 nitrogen and oxygen atoms in total. The highest BCUT2D eigenvalue weighted by atomic mass is 15.0. The zero-order valence-electron chi connectivity index (χ0n) is 13.0. The minimum absolute atomic E-state index is 0.818. The van der Waals surface area contributed by atoms with Crippen LogP contribution in [0.2, 0.25) is 0 Å². The van der Waals surface area contributed by atoms with Crippen LogP contribution < -0.4 is 5.32 Å². The van der Waals surface area contributed by atoms with Gasteiger partial charge in [0.05, 0.1) is 0 Å². The van der Waals surface area contributed by atoms with E-state index in [9.17, 15) is 0 Å². The Balaban J connectivity index is 1.33. The molecule has 0 aromatic heterocycles. The lowest BCUT2D eigenvalue weighted by molar-refractivity contribution is 0.337. The van der Waals surface area contributed by atoms with E-state index in [1.807, 2.05) is 0 Å². The van der Waals surface area contributed by atoms with E-state index >= 15 is 0 Å². The molecule has 4 aliphatic carbocycles. The monoisotopic (exact) mass is 281 g/mol. The number of nitrogens with one attached hydrogen (secondary N) is 1. The van der Waals surface area contributed by atoms with Gasteiger partial charge >= 0.3 is 0 Å². The predicted octanol–water partition coefficient (Wildman–Crippen LogP) is 4.06. The Kier molecular flexibility index (Phi) is 2.77. The first-order valence-corrected chi connectivity index (χ1v) is 9.16. The van der Waals surface area contributed by atoms with Gasteiger partial charge in [0.25, 0.3) is 0 Å². The van der Waals surface area contributed by atoms with Gasteiger partial charge in [-0.1, -0.05) is 37.3 Å². The van der Waals surface area contributed by atoms with Crippen LogP contribution in [-0.4, -0.2) is 12.6 Å². The minimum atomic E-state index is 0.818. The lowest BCUT2D eigenvalue weighted by Gasteiger charge is -2.22. The third-order valence-electron chi connectivity index (χ3n) is 7.18. The Morgan fingerprint density at radius 3 is 2.43 bits per heavy atom. The molecular formula is C20H27N. The fourth-order valence-corrected chi connectivity index (χ4v) is 6.38. The van der Waals surface area contributed by atoms with Crippen LogP contribution in [0.15, 0.2) is 30.3 Å². The summed E-state index contributed by atoms with van der Waals surface area (Å²) in [5.41, 5.74) is 1.58. The van der Waals surface area contributed by atoms with Crippen molar-refractivity contribution < 1.29 is 0 Å². The summed E-state index contributed by atoms with van der Waals surface area (Å²) in [5.74, 6) is 7.25. The molecule has 1 aromatic rings. The summed E-state index contributed by atoms with van der Waals surface area (Å²) in [5, 5.41) is 3.90. The smallest absolute Gasteiger partial charge is 0.0135 e. The Hall–Kier alpha value is -0.820. The van der Waals surface area contributed by atoms with Crippen LogP contribution >= 0.6 is 0 Å². The average Bonchev–Trinajstić information content (AvgIpc) is 3.40. The molecule has 1 heteroatoms. The SMILES string of the molecule is CCNC(C1CC1c1ccccc1)C1C2C3CCC(C3)C21. The lowest BCUT2D eigenvalue weighted by atomic mass is 9.93. The van der Waals surface area contributed by atoms with Crippen molar-refractivity contribution in [3.8, 4) is 0 Å². The van der Waals surface area contributed by atoms with Gasteiger partial charge in [0.1, 0.15) is 0 Å². The molecule has 4 aliphatic rings. The second-order valence-electron chi connectivity index (χ2n) is 8.07. The summed E-state index contributed by atoms with van der Waals surface area (Å²) in [6.07, 6.45) is 6.10. The summed E-state index contributed by atoms with van der Waals surface area (Å²) in [7, 11) is 0. The topological polar surface area (TPSA) is 12.0 Å². The summed E-state index contributed by atoms with van der Waals surface area (Å²) >= 11 is 0. The third-order valence-corrected chi connectivity index (χ3v) is 7.18. The van der Waals surface area contributed by atoms with Crippen molar-refractivity contribution in [2.24, 2.45) is 35.5 Å². The van der Waals surface area contributed by atoms with E-state index in [2.05, 4.69) is 42.6 Å². The highest BCUT2D eigenvalue weighted by molar-refractivity contribution is 5.29. The molecule has 4 saturated carbocycles. The second-order valence-corrected chi connectivity index (χ2v) is 8.07. The quantitative estimate of drug-likeness (QED) is 0.858. The van der Waals surface area contributed by atoms with Gasteiger partial charge in [-0.15, -0.1) is 0 Å². The highest BCUT2D eigenvalue weighted by Gasteiger charge is 2.68. The molecule has 1 N–H and O–H groups in total. The molecule has 0 saturated heterocycles. The number of fused-ring (bicyclic) bond motifs is 5. The normalized spacial score (nSPS) is 47.2. The van der Waals surface area contributed by atoms with E-state index < -0.39 is 0 Å². The van der Waals surface area contributed by atoms with E-state index in [1.165, 1.54) is 6.42 Å². The first-order chi connectivity index (χ1) is 10.4. The fraction of sp³-hybridized carbons (Fsp3) is 0.700. The van der Waals surface area contributed by atoms with E-state index in [-0.39, 0.29) is 0 Å². The van der Waals surface area contributed by atoms with Crippen molar-refractivity contribution in [3.05, 3.63) is 35.9 Å². The maximum atomic E-state index is 3.90. The molecule has 21 heavy (non-hydrogen) atoms. The van der Waals surface area contributed by atoms with Gasteiger partial charge in [-0.25, -0.2) is 0 Å². The first-order valence-electron chi connectivity index (χ1n) is 9.16. The van der Waals surface area contributed by atoms with Crippen molar-refractivity contribution >= 4 is 0 Å². The Labute approximate surface area is 128 Å². The van der Waals surface area contributed by atoms with E-state index in [1.54, 1.807) is 24.8 Å². The molecule has 1 aromatic carbocycles. The number of hydrogen-bond acceptors (Lipinski definition) is 1. The zero-order chi connectivity index (χ0) is 14.0. The fourth-order valence-electron chi connectivity index (χ4n) is 6.38. The number of benzene rings is 1. The van der Waals surface area contributed by atoms with Gasteiger partial charge in [0.2, 0.25) is 0 Å². The van der Waals surface area contributed by atoms with Crippen molar-refractivity contribution in [2.75, 3.05) is 6.54 Å². The van der Waals surface area contributed by atoms with Crippen LogP contribution in [0.25, 0.3) is 0 Å². The average molecular weight is 281 g/mol. The summed E-state index contributed by atoms with van der Waals surface area (Å²) in [6.45, 7) is 3.44. The largest absolute Gasteiger partial charge is 0.314 e. The third kappa shape index (κ3) is 1.86. The molecule has 0 heterocycles. The molecule has 0 spiro atoms. The van der Waals surface area contributed by atoms with Gasteiger partial charge in [-0.2, -0.15) is 0 Å². The van der Waals surface area contributed by atoms with E-state index in [0.717, 1.165) is 54.0 Å². The first kappa shape index (κ1) is 12.7.